The lowest BCUT2D eigenvalue weighted by molar-refractivity contribution is 0.661. The third-order valence-corrected chi connectivity index (χ3v) is 11.7. The van der Waals surface area contributed by atoms with Gasteiger partial charge in [0.2, 0.25) is 0 Å². The van der Waals surface area contributed by atoms with Gasteiger partial charge in [0.1, 0.15) is 5.82 Å². The molecule has 0 amide bonds. The van der Waals surface area contributed by atoms with Gasteiger partial charge >= 0.3 is 0 Å². The van der Waals surface area contributed by atoms with E-state index in [-0.39, 0.29) is 5.41 Å². The molecule has 0 aliphatic heterocycles. The number of para-hydroxylation sites is 3. The minimum atomic E-state index is -0.152. The van der Waals surface area contributed by atoms with E-state index in [1.165, 1.54) is 66.3 Å². The Bertz CT molecular complexity index is 3080. The molecule has 10 aromatic rings. The van der Waals surface area contributed by atoms with Gasteiger partial charge in [0, 0.05) is 33.1 Å². The number of aromatic nitrogens is 3. The summed E-state index contributed by atoms with van der Waals surface area (Å²) in [6.07, 6.45) is 0. The maximum Gasteiger partial charge on any atom is 0.145 e. The Balaban J connectivity index is 1.11. The summed E-state index contributed by atoms with van der Waals surface area (Å²) in [7, 11) is 0. The first-order valence-electron chi connectivity index (χ1n) is 19.1. The number of hydrogen-bond donors (Lipinski definition) is 0. The molecule has 0 radical (unpaired) electrons. The number of hydrogen-bond acceptors (Lipinski definition) is 1. The summed E-state index contributed by atoms with van der Waals surface area (Å²) in [5.74, 6) is 0.931. The van der Waals surface area contributed by atoms with Crippen LogP contribution in [0.4, 0.5) is 0 Å². The van der Waals surface area contributed by atoms with E-state index in [1.54, 1.807) is 0 Å². The first kappa shape index (κ1) is 31.5. The van der Waals surface area contributed by atoms with Crippen LogP contribution < -0.4 is 0 Å². The van der Waals surface area contributed by atoms with Crippen molar-refractivity contribution in [2.24, 2.45) is 0 Å². The van der Waals surface area contributed by atoms with Crippen LogP contribution in [0.15, 0.2) is 188 Å². The van der Waals surface area contributed by atoms with Gasteiger partial charge in [-0.25, -0.2) is 4.98 Å². The lowest BCUT2D eigenvalue weighted by Gasteiger charge is -2.22. The highest BCUT2D eigenvalue weighted by molar-refractivity contribution is 6.12. The van der Waals surface area contributed by atoms with E-state index >= 15 is 0 Å². The molecule has 1 aliphatic carbocycles. The van der Waals surface area contributed by atoms with Crippen molar-refractivity contribution >= 4 is 32.8 Å². The maximum absolute atomic E-state index is 5.15. The van der Waals surface area contributed by atoms with E-state index in [1.807, 2.05) is 0 Å². The van der Waals surface area contributed by atoms with E-state index in [9.17, 15) is 0 Å². The van der Waals surface area contributed by atoms with E-state index in [0.717, 1.165) is 33.8 Å². The Kier molecular flexibility index (Phi) is 6.90. The highest BCUT2D eigenvalue weighted by Crippen LogP contribution is 2.52. The molecule has 0 N–H and O–H groups in total. The molecular formula is C52H37N3. The summed E-state index contributed by atoms with van der Waals surface area (Å²) < 4.78 is 4.72. The number of benzene rings is 8. The third-order valence-electron chi connectivity index (χ3n) is 11.7. The molecule has 0 bridgehead atoms. The minimum Gasteiger partial charge on any atom is -0.309 e. The third kappa shape index (κ3) is 4.86. The van der Waals surface area contributed by atoms with Gasteiger partial charge in [-0.3, -0.25) is 4.57 Å². The van der Waals surface area contributed by atoms with Crippen LogP contribution in [-0.2, 0) is 5.41 Å². The zero-order valence-electron chi connectivity index (χ0n) is 30.7. The van der Waals surface area contributed by atoms with Crippen molar-refractivity contribution in [3.8, 4) is 56.1 Å². The molecule has 0 atom stereocenters. The van der Waals surface area contributed by atoms with Gasteiger partial charge < -0.3 is 4.57 Å². The molecule has 0 unspecified atom stereocenters. The Morgan fingerprint density at radius 2 is 0.945 bits per heavy atom. The smallest absolute Gasteiger partial charge is 0.145 e. The molecule has 2 heterocycles. The van der Waals surface area contributed by atoms with Crippen LogP contribution in [0.1, 0.15) is 25.0 Å². The molecular weight excluding hydrogens is 667 g/mol. The van der Waals surface area contributed by atoms with Crippen LogP contribution in [0, 0.1) is 0 Å². The van der Waals surface area contributed by atoms with Crippen LogP contribution in [0.5, 0.6) is 0 Å². The van der Waals surface area contributed by atoms with Gasteiger partial charge in [0.05, 0.1) is 22.1 Å². The molecule has 0 saturated heterocycles. The van der Waals surface area contributed by atoms with E-state index < -0.39 is 0 Å². The quantitative estimate of drug-likeness (QED) is 0.175. The van der Waals surface area contributed by atoms with Crippen LogP contribution in [0.2, 0.25) is 0 Å². The van der Waals surface area contributed by atoms with Crippen LogP contribution in [0.3, 0.4) is 0 Å². The summed E-state index contributed by atoms with van der Waals surface area (Å²) >= 11 is 0. The second-order valence-electron chi connectivity index (χ2n) is 15.2. The molecule has 3 nitrogen and oxygen atoms in total. The summed E-state index contributed by atoms with van der Waals surface area (Å²) in [6.45, 7) is 4.77. The van der Waals surface area contributed by atoms with Crippen molar-refractivity contribution in [3.05, 3.63) is 199 Å². The summed E-state index contributed by atoms with van der Waals surface area (Å²) in [5.41, 5.74) is 17.9. The fourth-order valence-electron chi connectivity index (χ4n) is 8.96. The van der Waals surface area contributed by atoms with Gasteiger partial charge in [-0.2, -0.15) is 0 Å². The average Bonchev–Trinajstić information content (AvgIpc) is 3.86. The first-order valence-corrected chi connectivity index (χ1v) is 19.1. The van der Waals surface area contributed by atoms with Crippen LogP contribution in [-0.4, -0.2) is 14.1 Å². The van der Waals surface area contributed by atoms with E-state index in [4.69, 9.17) is 4.98 Å². The van der Waals surface area contributed by atoms with E-state index in [0.29, 0.717) is 0 Å². The molecule has 0 spiro atoms. The number of imidazole rings is 1. The average molecular weight is 704 g/mol. The lowest BCUT2D eigenvalue weighted by Crippen LogP contribution is -2.15. The van der Waals surface area contributed by atoms with E-state index in [2.05, 4.69) is 211 Å². The second-order valence-corrected chi connectivity index (χ2v) is 15.2. The Labute approximate surface area is 320 Å². The fraction of sp³-hybridized carbons (Fsp3) is 0.0577. The monoisotopic (exact) mass is 703 g/mol. The topological polar surface area (TPSA) is 22.8 Å². The van der Waals surface area contributed by atoms with Gasteiger partial charge in [0.25, 0.3) is 0 Å². The van der Waals surface area contributed by atoms with Crippen molar-refractivity contribution in [2.45, 2.75) is 19.3 Å². The van der Waals surface area contributed by atoms with Gasteiger partial charge in [-0.05, 0) is 123 Å². The highest BCUT2D eigenvalue weighted by Gasteiger charge is 2.36. The Hall–Kier alpha value is -6.97. The summed E-state index contributed by atoms with van der Waals surface area (Å²) in [4.78, 5) is 5.15. The predicted molar refractivity (Wildman–Crippen MR) is 229 cm³/mol. The number of rotatable bonds is 5. The first-order chi connectivity index (χ1) is 27.0. The molecule has 2 aromatic heterocycles. The van der Waals surface area contributed by atoms with Crippen LogP contribution in [0.25, 0.3) is 89.0 Å². The highest BCUT2D eigenvalue weighted by atomic mass is 15.1. The van der Waals surface area contributed by atoms with Gasteiger partial charge in [-0.15, -0.1) is 0 Å². The van der Waals surface area contributed by atoms with Crippen molar-refractivity contribution in [3.63, 3.8) is 0 Å². The molecule has 1 aliphatic rings. The normalized spacial score (nSPS) is 13.1. The van der Waals surface area contributed by atoms with Crippen LogP contribution >= 0.6 is 0 Å². The SMILES string of the molecule is CC1(C)c2cc(-c3ccccc3)ccc2-c2cc3c(cc21)c1cc(-c2ccccc2)ccc1n3-c1ccc(-c2nc3ccccc3n2-c2ccccc2)cc1. The summed E-state index contributed by atoms with van der Waals surface area (Å²) in [5, 5.41) is 2.52. The molecule has 55 heavy (non-hydrogen) atoms. The molecule has 0 fully saturated rings. The predicted octanol–water partition coefficient (Wildman–Crippen LogP) is 13.4. The zero-order chi connectivity index (χ0) is 36.7. The molecule has 3 heteroatoms. The molecule has 11 rings (SSSR count). The largest absolute Gasteiger partial charge is 0.309 e. The maximum atomic E-state index is 5.15. The zero-order valence-corrected chi connectivity index (χ0v) is 30.7. The molecule has 260 valence electrons. The Morgan fingerprint density at radius 3 is 1.67 bits per heavy atom. The lowest BCUT2D eigenvalue weighted by atomic mass is 9.81. The number of fused-ring (bicyclic) bond motifs is 7. The molecule has 8 aromatic carbocycles. The standard InChI is InChI=1S/C52H37N3/c1-52(2)45-31-38(35-16-8-4-9-17-35)24-28-41(45)42-33-50-44(32-46(42)52)43-30-37(34-14-6-3-7-15-34)25-29-48(43)54(50)40-26-22-36(23-27-40)51-53-47-20-12-13-21-49(47)55(51)39-18-10-5-11-19-39/h3-33H,1-2H3. The van der Waals surface area contributed by atoms with Crippen molar-refractivity contribution in [1.29, 1.82) is 0 Å². The minimum absolute atomic E-state index is 0.152. The second kappa shape index (κ2) is 12.0. The summed E-state index contributed by atoms with van der Waals surface area (Å²) in [6, 6.07) is 68.2. The number of nitrogens with zero attached hydrogens (tertiary/aromatic N) is 3. The van der Waals surface area contributed by atoms with Crippen molar-refractivity contribution < 1.29 is 0 Å². The van der Waals surface area contributed by atoms with Crippen molar-refractivity contribution in [2.75, 3.05) is 0 Å². The van der Waals surface area contributed by atoms with Crippen molar-refractivity contribution in [1.82, 2.24) is 14.1 Å². The molecule has 0 saturated carbocycles. The van der Waals surface area contributed by atoms with Gasteiger partial charge in [0.15, 0.2) is 0 Å². The fourth-order valence-corrected chi connectivity index (χ4v) is 8.96. The van der Waals surface area contributed by atoms with Gasteiger partial charge in [-0.1, -0.05) is 123 Å². The Morgan fingerprint density at radius 1 is 0.382 bits per heavy atom.